The number of hydrogen-bond donors (Lipinski definition) is 2. The van der Waals surface area contributed by atoms with Gasteiger partial charge in [0.1, 0.15) is 17.2 Å². The average molecular weight is 441 g/mol. The first-order chi connectivity index (χ1) is 14.9. The Kier molecular flexibility index (Phi) is 10.6. The van der Waals surface area contributed by atoms with Gasteiger partial charge in [-0.1, -0.05) is 61.3 Å². The van der Waals surface area contributed by atoms with Gasteiger partial charge in [-0.2, -0.15) is 0 Å². The van der Waals surface area contributed by atoms with Crippen LogP contribution >= 0.6 is 12.0 Å². The summed E-state index contributed by atoms with van der Waals surface area (Å²) in [4.78, 5) is 0.698. The quantitative estimate of drug-likeness (QED) is 0.199. The molecule has 0 atom stereocenters. The fraction of sp³-hybridized carbons (Fsp3) is 0.407. The highest BCUT2D eigenvalue weighted by Gasteiger charge is 2.19. The molecule has 0 heterocycles. The van der Waals surface area contributed by atoms with E-state index in [9.17, 15) is 10.2 Å². The Morgan fingerprint density at radius 1 is 1.03 bits per heavy atom. The van der Waals surface area contributed by atoms with E-state index in [1.807, 2.05) is 30.3 Å². The molecule has 4 heteroatoms. The molecule has 0 aliphatic rings. The molecule has 2 N–H and O–H groups in total. The molecular formula is C27H36O3S. The first-order valence-corrected chi connectivity index (χ1v) is 11.9. The van der Waals surface area contributed by atoms with Crippen molar-refractivity contribution < 1.29 is 14.4 Å². The van der Waals surface area contributed by atoms with Gasteiger partial charge in [0.15, 0.2) is 0 Å². The lowest BCUT2D eigenvalue weighted by Crippen LogP contribution is -1.97. The van der Waals surface area contributed by atoms with Gasteiger partial charge in [0, 0.05) is 5.56 Å². The van der Waals surface area contributed by atoms with Gasteiger partial charge in [0.25, 0.3) is 0 Å². The predicted octanol–water partition coefficient (Wildman–Crippen LogP) is 8.15. The molecule has 2 aromatic rings. The normalized spacial score (nSPS) is 11.4. The van der Waals surface area contributed by atoms with E-state index in [1.165, 1.54) is 23.2 Å². The average Bonchev–Trinajstić information content (AvgIpc) is 2.73. The fourth-order valence-corrected chi connectivity index (χ4v) is 4.07. The third-order valence-corrected chi connectivity index (χ3v) is 6.07. The second kappa shape index (κ2) is 13.2. The molecule has 0 spiro atoms. The zero-order valence-electron chi connectivity index (χ0n) is 19.3. The van der Waals surface area contributed by atoms with Gasteiger partial charge < -0.3 is 14.4 Å². The molecule has 2 rings (SSSR count). The monoisotopic (exact) mass is 440 g/mol. The Labute approximate surface area is 192 Å². The summed E-state index contributed by atoms with van der Waals surface area (Å²) in [5, 5.41) is 21.7. The maximum absolute atomic E-state index is 11.0. The minimum absolute atomic E-state index is 0.126. The Balaban J connectivity index is 2.24. The predicted molar refractivity (Wildman–Crippen MR) is 132 cm³/mol. The molecule has 0 saturated carbocycles. The fourth-order valence-electron chi connectivity index (χ4n) is 3.31. The summed E-state index contributed by atoms with van der Waals surface area (Å²) >= 11 is 1.17. The van der Waals surface area contributed by atoms with Crippen LogP contribution in [0.1, 0.15) is 70.9 Å². The molecule has 0 radical (unpaired) electrons. The van der Waals surface area contributed by atoms with Crippen LogP contribution in [0.25, 0.3) is 0 Å². The van der Waals surface area contributed by atoms with E-state index >= 15 is 0 Å². The summed E-state index contributed by atoms with van der Waals surface area (Å²) in [6.07, 6.45) is 10.8. The zero-order chi connectivity index (χ0) is 22.6. The van der Waals surface area contributed by atoms with Crippen LogP contribution in [0.15, 0.2) is 64.6 Å². The van der Waals surface area contributed by atoms with Crippen LogP contribution in [0, 0.1) is 0 Å². The molecule has 0 bridgehead atoms. The van der Waals surface area contributed by atoms with Crippen molar-refractivity contribution in [2.75, 3.05) is 0 Å². The van der Waals surface area contributed by atoms with E-state index in [-0.39, 0.29) is 11.5 Å². The van der Waals surface area contributed by atoms with Crippen LogP contribution in [0.5, 0.6) is 17.2 Å². The van der Waals surface area contributed by atoms with E-state index in [1.54, 1.807) is 6.07 Å². The number of allylic oxidation sites excluding steroid dienone is 4. The summed E-state index contributed by atoms with van der Waals surface area (Å²) in [5.41, 5.74) is 4.05. The van der Waals surface area contributed by atoms with Crippen molar-refractivity contribution in [1.29, 1.82) is 0 Å². The largest absolute Gasteiger partial charge is 0.508 e. The van der Waals surface area contributed by atoms with Crippen LogP contribution in [-0.2, 0) is 12.8 Å². The standard InChI is InChI=1S/C27H36O3S/c1-5-6-8-14-22-19-25(28)24(18-17-21(4)13-11-12-20(2)3)26(29)27(22)31-30-23-15-9-7-10-16-23/h7,9-10,12,15-17,19,28-29H,5-6,8,11,13-14,18H2,1-4H3/b21-17+. The number of benzene rings is 2. The Morgan fingerprint density at radius 3 is 2.45 bits per heavy atom. The number of para-hydroxylation sites is 1. The van der Waals surface area contributed by atoms with Gasteiger partial charge in [0.05, 0.1) is 16.9 Å². The molecule has 2 aromatic carbocycles. The smallest absolute Gasteiger partial charge is 0.140 e. The second-order valence-corrected chi connectivity index (χ2v) is 8.96. The van der Waals surface area contributed by atoms with E-state index in [0.717, 1.165) is 49.8 Å². The van der Waals surface area contributed by atoms with Crippen LogP contribution in [-0.4, -0.2) is 10.2 Å². The van der Waals surface area contributed by atoms with Crippen molar-refractivity contribution in [3.05, 3.63) is 70.8 Å². The first-order valence-electron chi connectivity index (χ1n) is 11.2. The minimum Gasteiger partial charge on any atom is -0.508 e. The van der Waals surface area contributed by atoms with Crippen molar-refractivity contribution in [2.45, 2.75) is 77.5 Å². The van der Waals surface area contributed by atoms with E-state index in [2.05, 4.69) is 39.8 Å². The number of aryl methyl sites for hydroxylation is 1. The number of unbranched alkanes of at least 4 members (excludes halogenated alkanes) is 2. The van der Waals surface area contributed by atoms with Gasteiger partial charge in [-0.25, -0.2) is 0 Å². The highest BCUT2D eigenvalue weighted by Crippen LogP contribution is 2.41. The van der Waals surface area contributed by atoms with Crippen molar-refractivity contribution in [3.63, 3.8) is 0 Å². The topological polar surface area (TPSA) is 49.7 Å². The number of hydrogen-bond acceptors (Lipinski definition) is 4. The molecular weight excluding hydrogens is 404 g/mol. The molecule has 0 amide bonds. The maximum Gasteiger partial charge on any atom is 0.140 e. The number of phenols is 2. The summed E-state index contributed by atoms with van der Waals surface area (Å²) < 4.78 is 5.87. The van der Waals surface area contributed by atoms with E-state index in [4.69, 9.17) is 4.18 Å². The Bertz CT molecular complexity index is 881. The van der Waals surface area contributed by atoms with Crippen LogP contribution in [0.4, 0.5) is 0 Å². The van der Waals surface area contributed by atoms with E-state index < -0.39 is 0 Å². The molecule has 0 unspecified atom stereocenters. The molecule has 168 valence electrons. The van der Waals surface area contributed by atoms with Gasteiger partial charge in [-0.3, -0.25) is 0 Å². The van der Waals surface area contributed by atoms with E-state index in [0.29, 0.717) is 16.9 Å². The molecule has 31 heavy (non-hydrogen) atoms. The maximum atomic E-state index is 11.0. The van der Waals surface area contributed by atoms with Crippen LogP contribution in [0.2, 0.25) is 0 Å². The summed E-state index contributed by atoms with van der Waals surface area (Å²) in [5.74, 6) is 1.01. The molecule has 0 aliphatic carbocycles. The highest BCUT2D eigenvalue weighted by molar-refractivity contribution is 7.95. The molecule has 0 saturated heterocycles. The third-order valence-electron chi connectivity index (χ3n) is 5.17. The van der Waals surface area contributed by atoms with Crippen molar-refractivity contribution in [2.24, 2.45) is 0 Å². The van der Waals surface area contributed by atoms with Crippen LogP contribution in [0.3, 0.4) is 0 Å². The molecule has 0 fully saturated rings. The molecule has 3 nitrogen and oxygen atoms in total. The number of rotatable bonds is 12. The lowest BCUT2D eigenvalue weighted by atomic mass is 10.00. The second-order valence-electron chi connectivity index (χ2n) is 8.22. The summed E-state index contributed by atoms with van der Waals surface area (Å²) in [6, 6.07) is 11.4. The van der Waals surface area contributed by atoms with Gasteiger partial charge in [0.2, 0.25) is 0 Å². The number of aromatic hydroxyl groups is 2. The number of phenolic OH excluding ortho intramolecular Hbond substituents is 2. The first kappa shape index (κ1) is 24.9. The van der Waals surface area contributed by atoms with Gasteiger partial charge in [-0.15, -0.1) is 0 Å². The lowest BCUT2D eigenvalue weighted by molar-refractivity contribution is 0.428. The molecule has 0 aliphatic heterocycles. The minimum atomic E-state index is 0.126. The Hall–Kier alpha value is -2.33. The van der Waals surface area contributed by atoms with Crippen molar-refractivity contribution in [3.8, 4) is 17.2 Å². The summed E-state index contributed by atoms with van der Waals surface area (Å²) in [7, 11) is 0. The van der Waals surface area contributed by atoms with Crippen LogP contribution < -0.4 is 4.18 Å². The third kappa shape index (κ3) is 8.37. The van der Waals surface area contributed by atoms with Crippen molar-refractivity contribution >= 4 is 12.0 Å². The lowest BCUT2D eigenvalue weighted by Gasteiger charge is -2.16. The van der Waals surface area contributed by atoms with Crippen molar-refractivity contribution in [1.82, 2.24) is 0 Å². The van der Waals surface area contributed by atoms with Gasteiger partial charge >= 0.3 is 0 Å². The highest BCUT2D eigenvalue weighted by atomic mass is 32.2. The summed E-state index contributed by atoms with van der Waals surface area (Å²) in [6.45, 7) is 8.47. The Morgan fingerprint density at radius 2 is 1.77 bits per heavy atom. The SMILES string of the molecule is CCCCCc1cc(O)c(C/C=C(\C)CCC=C(C)C)c(O)c1SOc1ccccc1. The van der Waals surface area contributed by atoms with Gasteiger partial charge in [-0.05, 0) is 76.6 Å². The zero-order valence-corrected chi connectivity index (χ0v) is 20.1. The molecule has 0 aromatic heterocycles.